The molecule has 40 heavy (non-hydrogen) atoms. The highest BCUT2D eigenvalue weighted by Gasteiger charge is 2.34. The molecule has 0 bridgehead atoms. The number of rotatable bonds is 9. The van der Waals surface area contributed by atoms with Crippen molar-refractivity contribution < 1.29 is 17.9 Å². The predicted octanol–water partition coefficient (Wildman–Crippen LogP) is 4.24. The number of alkyl halides is 3. The van der Waals surface area contributed by atoms with E-state index in [0.29, 0.717) is 52.9 Å². The number of aliphatic imine (C=N–C) groups is 1. The second-order valence-electron chi connectivity index (χ2n) is 9.43. The number of halogens is 3. The summed E-state index contributed by atoms with van der Waals surface area (Å²) < 4.78 is 48.0. The van der Waals surface area contributed by atoms with Crippen LogP contribution in [0.25, 0.3) is 28.1 Å². The standard InChI is InChI=1S/C27H27F3N8O2/c1-3-37-14-21(27(28,29)30)35-24(37)18-8-6-17(7-9-18)13-38-22(39)12-32-20-11-33-23(36-25(20)38)19(10-16-4-5-16)26(40-2)34-15-31/h6-9,11-12,14-16H,3-5,10,13H2,1-2H3,(H2,31,34)/b26-19-. The molecule has 3 aromatic heterocycles. The van der Waals surface area contributed by atoms with Crippen LogP contribution in [0.2, 0.25) is 0 Å². The molecule has 5 rings (SSSR count). The Kier molecular flexibility index (Phi) is 7.37. The van der Waals surface area contributed by atoms with Gasteiger partial charge < -0.3 is 15.0 Å². The molecule has 0 atom stereocenters. The zero-order valence-electron chi connectivity index (χ0n) is 21.9. The fraction of sp³-hybridized carbons (Fsp3) is 0.333. The zero-order valence-corrected chi connectivity index (χ0v) is 21.9. The quantitative estimate of drug-likeness (QED) is 0.187. The normalized spacial score (nSPS) is 14.6. The first-order valence-electron chi connectivity index (χ1n) is 12.7. The van der Waals surface area contributed by atoms with Gasteiger partial charge in [-0.1, -0.05) is 24.3 Å². The van der Waals surface area contributed by atoms with Gasteiger partial charge in [0.25, 0.3) is 5.56 Å². The molecule has 1 saturated carbocycles. The summed E-state index contributed by atoms with van der Waals surface area (Å²) in [6.45, 7) is 2.24. The third-order valence-electron chi connectivity index (χ3n) is 6.65. The molecule has 10 nitrogen and oxygen atoms in total. The van der Waals surface area contributed by atoms with E-state index in [2.05, 4.69) is 19.9 Å². The first kappa shape index (κ1) is 27.0. The van der Waals surface area contributed by atoms with Crippen LogP contribution >= 0.6 is 0 Å². The van der Waals surface area contributed by atoms with Gasteiger partial charge in [-0.2, -0.15) is 13.2 Å². The summed E-state index contributed by atoms with van der Waals surface area (Å²) in [6.07, 6.45) is 3.18. The number of aryl methyl sites for hydroxylation is 1. The van der Waals surface area contributed by atoms with E-state index in [-0.39, 0.29) is 17.9 Å². The van der Waals surface area contributed by atoms with Crippen LogP contribution < -0.4 is 11.3 Å². The number of nitrogens with two attached hydrogens (primary N) is 1. The minimum atomic E-state index is -4.53. The Bertz CT molecular complexity index is 1650. The Morgan fingerprint density at radius 1 is 1.18 bits per heavy atom. The third-order valence-corrected chi connectivity index (χ3v) is 6.65. The number of hydrogen-bond donors (Lipinski definition) is 1. The van der Waals surface area contributed by atoms with Gasteiger partial charge >= 0.3 is 6.18 Å². The average molecular weight is 553 g/mol. The van der Waals surface area contributed by atoms with Crippen molar-refractivity contribution >= 4 is 23.1 Å². The minimum Gasteiger partial charge on any atom is -0.481 e. The van der Waals surface area contributed by atoms with Crippen LogP contribution in [0, 0.1) is 5.92 Å². The molecule has 1 aromatic carbocycles. The van der Waals surface area contributed by atoms with Crippen molar-refractivity contribution in [2.24, 2.45) is 16.6 Å². The molecule has 3 heterocycles. The summed E-state index contributed by atoms with van der Waals surface area (Å²) in [4.78, 5) is 34.2. The number of methoxy groups -OCH3 is 1. The molecule has 13 heteroatoms. The molecular weight excluding hydrogens is 525 g/mol. The van der Waals surface area contributed by atoms with Gasteiger partial charge in [-0.15, -0.1) is 0 Å². The predicted molar refractivity (Wildman–Crippen MR) is 143 cm³/mol. The Morgan fingerprint density at radius 3 is 2.55 bits per heavy atom. The maximum Gasteiger partial charge on any atom is 0.434 e. The number of fused-ring (bicyclic) bond motifs is 1. The second-order valence-corrected chi connectivity index (χ2v) is 9.43. The molecule has 2 N–H and O–H groups in total. The van der Waals surface area contributed by atoms with Gasteiger partial charge in [-0.25, -0.2) is 24.9 Å². The summed E-state index contributed by atoms with van der Waals surface area (Å²) in [5.74, 6) is 1.36. The number of imidazole rings is 1. The van der Waals surface area contributed by atoms with Gasteiger partial charge in [0.1, 0.15) is 11.3 Å². The Morgan fingerprint density at radius 2 is 1.93 bits per heavy atom. The van der Waals surface area contributed by atoms with Gasteiger partial charge in [0, 0.05) is 18.3 Å². The Labute approximate surface area is 227 Å². The highest BCUT2D eigenvalue weighted by atomic mass is 19.4. The summed E-state index contributed by atoms with van der Waals surface area (Å²) >= 11 is 0. The summed E-state index contributed by atoms with van der Waals surface area (Å²) in [7, 11) is 1.49. The fourth-order valence-electron chi connectivity index (χ4n) is 4.43. The summed E-state index contributed by atoms with van der Waals surface area (Å²) in [5, 5.41) is 0. The maximum absolute atomic E-state index is 13.2. The smallest absolute Gasteiger partial charge is 0.434 e. The molecule has 0 spiro atoms. The van der Waals surface area contributed by atoms with Crippen LogP contribution in [0.1, 0.15) is 43.3 Å². The van der Waals surface area contributed by atoms with Crippen molar-refractivity contribution in [1.82, 2.24) is 29.1 Å². The minimum absolute atomic E-state index is 0.157. The molecule has 0 aliphatic heterocycles. The second kappa shape index (κ2) is 10.9. The topological polar surface area (TPSA) is 126 Å². The molecule has 0 amide bonds. The number of benzene rings is 1. The average Bonchev–Trinajstić information content (AvgIpc) is 3.66. The van der Waals surface area contributed by atoms with Crippen molar-refractivity contribution in [3.63, 3.8) is 0 Å². The van der Waals surface area contributed by atoms with Gasteiger partial charge in [0.05, 0.1) is 38.0 Å². The van der Waals surface area contributed by atoms with Gasteiger partial charge in [-0.05, 0) is 37.7 Å². The van der Waals surface area contributed by atoms with Crippen molar-refractivity contribution in [3.8, 4) is 11.4 Å². The van der Waals surface area contributed by atoms with Crippen LogP contribution in [0.5, 0.6) is 0 Å². The molecule has 1 aliphatic rings. The Hall–Kier alpha value is -4.55. The highest BCUT2D eigenvalue weighted by molar-refractivity contribution is 5.73. The number of allylic oxidation sites excluding steroid dienone is 1. The highest BCUT2D eigenvalue weighted by Crippen LogP contribution is 2.39. The lowest BCUT2D eigenvalue weighted by Gasteiger charge is -2.13. The van der Waals surface area contributed by atoms with Crippen molar-refractivity contribution in [1.29, 1.82) is 0 Å². The number of nitrogens with zero attached hydrogens (tertiary/aromatic N) is 7. The lowest BCUT2D eigenvalue weighted by atomic mass is 10.1. The lowest BCUT2D eigenvalue weighted by Crippen LogP contribution is -2.22. The first-order valence-corrected chi connectivity index (χ1v) is 12.7. The zero-order chi connectivity index (χ0) is 28.4. The lowest BCUT2D eigenvalue weighted by molar-refractivity contribution is -0.140. The van der Waals surface area contributed by atoms with Gasteiger partial charge in [0.2, 0.25) is 5.88 Å². The van der Waals surface area contributed by atoms with Crippen molar-refractivity contribution in [2.75, 3.05) is 7.11 Å². The van der Waals surface area contributed by atoms with Crippen LogP contribution in [0.4, 0.5) is 13.2 Å². The molecule has 1 fully saturated rings. The molecule has 0 unspecified atom stereocenters. The first-order chi connectivity index (χ1) is 19.2. The van der Waals surface area contributed by atoms with Crippen LogP contribution in [0.15, 0.2) is 58.5 Å². The Balaban J connectivity index is 1.51. The van der Waals surface area contributed by atoms with Crippen LogP contribution in [-0.4, -0.2) is 42.5 Å². The largest absolute Gasteiger partial charge is 0.481 e. The van der Waals surface area contributed by atoms with Gasteiger partial charge in [0.15, 0.2) is 17.2 Å². The van der Waals surface area contributed by atoms with E-state index in [1.165, 1.54) is 22.4 Å². The van der Waals surface area contributed by atoms with E-state index < -0.39 is 11.9 Å². The molecule has 1 aliphatic carbocycles. The number of hydrogen-bond acceptors (Lipinski definition) is 7. The van der Waals surface area contributed by atoms with Crippen LogP contribution in [-0.2, 0) is 24.0 Å². The van der Waals surface area contributed by atoms with Crippen molar-refractivity contribution in [2.45, 2.75) is 45.5 Å². The van der Waals surface area contributed by atoms with E-state index in [0.717, 1.165) is 30.9 Å². The number of aromatic nitrogens is 6. The molecular formula is C27H27F3N8O2. The maximum atomic E-state index is 13.2. The van der Waals surface area contributed by atoms with Crippen molar-refractivity contribution in [3.05, 3.63) is 76.2 Å². The third kappa shape index (κ3) is 5.58. The molecule has 208 valence electrons. The molecule has 4 aromatic rings. The summed E-state index contributed by atoms with van der Waals surface area (Å²) in [5.41, 5.74) is 6.92. The monoisotopic (exact) mass is 552 g/mol. The fourth-order valence-corrected chi connectivity index (χ4v) is 4.43. The molecule has 0 saturated heterocycles. The SMILES string of the molecule is CCn1cc(C(F)(F)F)nc1-c1ccc(Cn2c(=O)cnc3cnc(/C(CC4CC4)=C(/N=C\N)OC)nc32)cc1. The molecule has 0 radical (unpaired) electrons. The van der Waals surface area contributed by atoms with E-state index in [1.807, 2.05) is 0 Å². The van der Waals surface area contributed by atoms with E-state index in [4.69, 9.17) is 15.5 Å². The van der Waals surface area contributed by atoms with Gasteiger partial charge in [-0.3, -0.25) is 9.36 Å². The van der Waals surface area contributed by atoms with E-state index >= 15 is 0 Å². The summed E-state index contributed by atoms with van der Waals surface area (Å²) in [6, 6.07) is 6.86. The van der Waals surface area contributed by atoms with Crippen LogP contribution in [0.3, 0.4) is 0 Å². The van der Waals surface area contributed by atoms with E-state index in [1.54, 1.807) is 37.4 Å². The van der Waals surface area contributed by atoms with E-state index in [9.17, 15) is 18.0 Å². The number of ether oxygens (including phenoxy) is 1.